The fraction of sp³-hybridized carbons (Fsp3) is 0.500. The molecule has 110 valence electrons. The summed E-state index contributed by atoms with van der Waals surface area (Å²) in [5.41, 5.74) is 0.584. The van der Waals surface area contributed by atoms with E-state index in [1.54, 1.807) is 12.1 Å². The lowest BCUT2D eigenvalue weighted by Gasteiger charge is -2.12. The summed E-state index contributed by atoms with van der Waals surface area (Å²) < 4.78 is 26.5. The van der Waals surface area contributed by atoms with Crippen LogP contribution in [0.5, 0.6) is 0 Å². The van der Waals surface area contributed by atoms with Crippen LogP contribution in [-0.2, 0) is 15.8 Å². The molecule has 1 aromatic carbocycles. The standard InChI is InChI=1S/C14H19NO4S/c1-10(12-5-6-12)8-15-20(18,19)9-11-3-2-4-13(7-11)14(16)17/h2-4,7,10,12,15H,5-6,8-9H2,1H3,(H,16,17). The Kier molecular flexibility index (Phi) is 4.45. The summed E-state index contributed by atoms with van der Waals surface area (Å²) in [6, 6.07) is 6.02. The summed E-state index contributed by atoms with van der Waals surface area (Å²) in [6.07, 6.45) is 2.37. The lowest BCUT2D eigenvalue weighted by Crippen LogP contribution is -2.30. The van der Waals surface area contributed by atoms with Crippen LogP contribution in [0.3, 0.4) is 0 Å². The van der Waals surface area contributed by atoms with Crippen LogP contribution in [0.1, 0.15) is 35.7 Å². The van der Waals surface area contributed by atoms with Crippen molar-refractivity contribution in [3.8, 4) is 0 Å². The average molecular weight is 297 g/mol. The zero-order chi connectivity index (χ0) is 14.8. The molecule has 0 bridgehead atoms. The van der Waals surface area contributed by atoms with Crippen molar-refractivity contribution in [1.82, 2.24) is 4.72 Å². The van der Waals surface area contributed by atoms with Gasteiger partial charge in [-0.05, 0) is 42.4 Å². The van der Waals surface area contributed by atoms with E-state index in [1.165, 1.54) is 25.0 Å². The molecule has 0 amide bonds. The van der Waals surface area contributed by atoms with Crippen molar-refractivity contribution < 1.29 is 18.3 Å². The third-order valence-electron chi connectivity index (χ3n) is 3.58. The van der Waals surface area contributed by atoms with E-state index in [9.17, 15) is 13.2 Å². The van der Waals surface area contributed by atoms with E-state index in [-0.39, 0.29) is 11.3 Å². The third kappa shape index (κ3) is 4.31. The van der Waals surface area contributed by atoms with E-state index in [1.807, 2.05) is 6.92 Å². The number of benzene rings is 1. The largest absolute Gasteiger partial charge is 0.478 e. The Bertz CT molecular complexity index is 593. The predicted molar refractivity (Wildman–Crippen MR) is 75.9 cm³/mol. The summed E-state index contributed by atoms with van der Waals surface area (Å²) in [5, 5.41) is 8.89. The maximum absolute atomic E-state index is 12.0. The number of hydrogen-bond donors (Lipinski definition) is 2. The summed E-state index contributed by atoms with van der Waals surface area (Å²) in [6.45, 7) is 2.50. The number of nitrogens with one attached hydrogen (secondary N) is 1. The molecule has 6 heteroatoms. The molecule has 2 N–H and O–H groups in total. The van der Waals surface area contributed by atoms with Crippen LogP contribution < -0.4 is 4.72 Å². The summed E-state index contributed by atoms with van der Waals surface area (Å²) >= 11 is 0. The number of aromatic carboxylic acids is 1. The van der Waals surface area contributed by atoms with Gasteiger partial charge in [-0.25, -0.2) is 17.9 Å². The van der Waals surface area contributed by atoms with Crippen LogP contribution in [-0.4, -0.2) is 26.0 Å². The maximum Gasteiger partial charge on any atom is 0.335 e. The second-order valence-corrected chi connectivity index (χ2v) is 7.23. The van der Waals surface area contributed by atoms with E-state index in [2.05, 4.69) is 4.72 Å². The molecule has 0 radical (unpaired) electrons. The van der Waals surface area contributed by atoms with Crippen LogP contribution >= 0.6 is 0 Å². The first kappa shape index (κ1) is 15.0. The highest BCUT2D eigenvalue weighted by atomic mass is 32.2. The van der Waals surface area contributed by atoms with Crippen molar-refractivity contribution in [3.63, 3.8) is 0 Å². The molecule has 0 spiro atoms. The molecule has 0 heterocycles. The zero-order valence-corrected chi connectivity index (χ0v) is 12.2. The number of carboxylic acid groups (broad SMARTS) is 1. The van der Waals surface area contributed by atoms with E-state index < -0.39 is 16.0 Å². The topological polar surface area (TPSA) is 83.5 Å². The maximum atomic E-state index is 12.0. The number of carboxylic acids is 1. The monoisotopic (exact) mass is 297 g/mol. The normalized spacial score (nSPS) is 16.9. The van der Waals surface area contributed by atoms with E-state index in [0.29, 0.717) is 23.9 Å². The van der Waals surface area contributed by atoms with Crippen molar-refractivity contribution in [2.75, 3.05) is 6.54 Å². The lowest BCUT2D eigenvalue weighted by atomic mass is 10.1. The van der Waals surface area contributed by atoms with Gasteiger partial charge in [-0.2, -0.15) is 0 Å². The van der Waals surface area contributed by atoms with Crippen LogP contribution in [0, 0.1) is 11.8 Å². The van der Waals surface area contributed by atoms with Gasteiger partial charge in [-0.1, -0.05) is 19.1 Å². The number of rotatable bonds is 7. The van der Waals surface area contributed by atoms with Crippen molar-refractivity contribution >= 4 is 16.0 Å². The molecule has 1 aromatic rings. The minimum Gasteiger partial charge on any atom is -0.478 e. The Labute approximate surface area is 119 Å². The Morgan fingerprint density at radius 3 is 2.75 bits per heavy atom. The van der Waals surface area contributed by atoms with E-state index in [0.717, 1.165) is 0 Å². The smallest absolute Gasteiger partial charge is 0.335 e. The fourth-order valence-electron chi connectivity index (χ4n) is 2.15. The molecule has 1 saturated carbocycles. The molecular formula is C14H19NO4S. The van der Waals surface area contributed by atoms with Gasteiger partial charge < -0.3 is 5.11 Å². The SMILES string of the molecule is CC(CNS(=O)(=O)Cc1cccc(C(=O)O)c1)C1CC1. The highest BCUT2D eigenvalue weighted by molar-refractivity contribution is 7.88. The van der Waals surface area contributed by atoms with Crippen LogP contribution in [0.2, 0.25) is 0 Å². The molecule has 1 aliphatic rings. The minimum atomic E-state index is -3.42. The van der Waals surface area contributed by atoms with Gasteiger partial charge in [-0.3, -0.25) is 0 Å². The van der Waals surface area contributed by atoms with Gasteiger partial charge in [0.2, 0.25) is 10.0 Å². The first-order valence-corrected chi connectivity index (χ1v) is 8.32. The Balaban J connectivity index is 1.96. The fourth-order valence-corrected chi connectivity index (χ4v) is 3.39. The predicted octanol–water partition coefficient (Wildman–Crippen LogP) is 1.85. The van der Waals surface area contributed by atoms with Crippen LogP contribution in [0.4, 0.5) is 0 Å². The van der Waals surface area contributed by atoms with E-state index >= 15 is 0 Å². The van der Waals surface area contributed by atoms with Gasteiger partial charge in [0.25, 0.3) is 0 Å². The number of hydrogen-bond acceptors (Lipinski definition) is 3. The van der Waals surface area contributed by atoms with Gasteiger partial charge in [0.15, 0.2) is 0 Å². The molecule has 0 aromatic heterocycles. The molecule has 1 aliphatic carbocycles. The first-order chi connectivity index (χ1) is 9.37. The minimum absolute atomic E-state index is 0.101. The van der Waals surface area contributed by atoms with Gasteiger partial charge in [0.05, 0.1) is 11.3 Å². The molecule has 1 unspecified atom stereocenters. The van der Waals surface area contributed by atoms with Crippen LogP contribution in [0.25, 0.3) is 0 Å². The molecule has 5 nitrogen and oxygen atoms in total. The second kappa shape index (κ2) is 5.93. The molecular weight excluding hydrogens is 278 g/mol. The number of carbonyl (C=O) groups is 1. The van der Waals surface area contributed by atoms with Gasteiger partial charge in [0.1, 0.15) is 0 Å². The third-order valence-corrected chi connectivity index (χ3v) is 4.90. The first-order valence-electron chi connectivity index (χ1n) is 6.67. The molecule has 1 fully saturated rings. The summed E-state index contributed by atoms with van der Waals surface area (Å²) in [5.74, 6) is -0.242. The molecule has 1 atom stereocenters. The zero-order valence-electron chi connectivity index (χ0n) is 11.4. The van der Waals surface area contributed by atoms with Gasteiger partial charge in [0, 0.05) is 6.54 Å². The average Bonchev–Trinajstić information content (AvgIpc) is 3.20. The second-order valence-electron chi connectivity index (χ2n) is 5.43. The van der Waals surface area contributed by atoms with E-state index in [4.69, 9.17) is 5.11 Å². The molecule has 2 rings (SSSR count). The number of sulfonamides is 1. The Hall–Kier alpha value is -1.40. The highest BCUT2D eigenvalue weighted by Gasteiger charge is 2.28. The van der Waals surface area contributed by atoms with Crippen LogP contribution in [0.15, 0.2) is 24.3 Å². The van der Waals surface area contributed by atoms with Gasteiger partial charge >= 0.3 is 5.97 Å². The highest BCUT2D eigenvalue weighted by Crippen LogP contribution is 2.36. The summed E-state index contributed by atoms with van der Waals surface area (Å²) in [4.78, 5) is 10.9. The Morgan fingerprint density at radius 1 is 1.45 bits per heavy atom. The lowest BCUT2D eigenvalue weighted by molar-refractivity contribution is 0.0696. The van der Waals surface area contributed by atoms with Crippen molar-refractivity contribution in [1.29, 1.82) is 0 Å². The molecule has 0 saturated heterocycles. The van der Waals surface area contributed by atoms with Crippen molar-refractivity contribution in [2.45, 2.75) is 25.5 Å². The van der Waals surface area contributed by atoms with Crippen molar-refractivity contribution in [2.24, 2.45) is 11.8 Å². The molecule has 0 aliphatic heterocycles. The Morgan fingerprint density at radius 2 is 2.15 bits per heavy atom. The van der Waals surface area contributed by atoms with Crippen molar-refractivity contribution in [3.05, 3.63) is 35.4 Å². The molecule has 20 heavy (non-hydrogen) atoms. The van der Waals surface area contributed by atoms with Gasteiger partial charge in [-0.15, -0.1) is 0 Å². The quantitative estimate of drug-likeness (QED) is 0.804. The summed E-state index contributed by atoms with van der Waals surface area (Å²) in [7, 11) is -3.42.